The number of carbonyl (C=O) groups is 3. The highest BCUT2D eigenvalue weighted by molar-refractivity contribution is 7.99. The van der Waals surface area contributed by atoms with Gasteiger partial charge in [-0.1, -0.05) is 48.2 Å². The predicted molar refractivity (Wildman–Crippen MR) is 108 cm³/mol. The molecule has 4 rings (SSSR count). The number of rotatable bonds is 4. The van der Waals surface area contributed by atoms with E-state index in [0.29, 0.717) is 11.8 Å². The monoisotopic (exact) mass is 442 g/mol. The van der Waals surface area contributed by atoms with Crippen LogP contribution in [0.15, 0.2) is 65.8 Å². The number of hydrogen-bond donors (Lipinski definition) is 1. The summed E-state index contributed by atoms with van der Waals surface area (Å²) in [6.07, 6.45) is -3.78. The molecule has 1 heterocycles. The van der Waals surface area contributed by atoms with Crippen LogP contribution in [-0.2, 0) is 11.0 Å². The molecular weight excluding hydrogens is 429 g/mol. The predicted octanol–water partition coefficient (Wildman–Crippen LogP) is 4.61. The Morgan fingerprint density at radius 3 is 2.23 bits per heavy atom. The summed E-state index contributed by atoms with van der Waals surface area (Å²) < 4.78 is 37.8. The minimum absolute atomic E-state index is 0.122. The van der Waals surface area contributed by atoms with Gasteiger partial charge < -0.3 is 5.32 Å². The number of anilines is 1. The van der Waals surface area contributed by atoms with E-state index in [9.17, 15) is 27.6 Å². The minimum atomic E-state index is -4.48. The van der Waals surface area contributed by atoms with Crippen molar-refractivity contribution in [3.63, 3.8) is 0 Å². The molecule has 31 heavy (non-hydrogen) atoms. The molecule has 0 bridgehead atoms. The summed E-state index contributed by atoms with van der Waals surface area (Å²) in [5.41, 5.74) is 0.241. The molecule has 0 fully saturated rings. The smallest absolute Gasteiger partial charge is 0.325 e. The molecule has 9 heteroatoms. The van der Waals surface area contributed by atoms with Gasteiger partial charge in [-0.2, -0.15) is 13.2 Å². The highest BCUT2D eigenvalue weighted by Crippen LogP contribution is 2.32. The van der Waals surface area contributed by atoms with Crippen LogP contribution in [0.1, 0.15) is 37.4 Å². The van der Waals surface area contributed by atoms with E-state index in [-0.39, 0.29) is 44.7 Å². The van der Waals surface area contributed by atoms with Gasteiger partial charge in [0, 0.05) is 22.9 Å². The SMILES string of the molecule is O=C(CSc1ccc(C(F)(F)F)cn1)Nc1cccc2c1C(=O)c1ccccc1C2=O. The normalized spacial score (nSPS) is 12.9. The van der Waals surface area contributed by atoms with Crippen molar-refractivity contribution < 1.29 is 27.6 Å². The fourth-order valence-electron chi connectivity index (χ4n) is 3.21. The third-order valence-electron chi connectivity index (χ3n) is 4.64. The molecule has 0 spiro atoms. The van der Waals surface area contributed by atoms with E-state index in [1.54, 1.807) is 30.3 Å². The van der Waals surface area contributed by atoms with Crippen molar-refractivity contribution in [2.75, 3.05) is 11.1 Å². The van der Waals surface area contributed by atoms with E-state index in [2.05, 4.69) is 10.3 Å². The topological polar surface area (TPSA) is 76.1 Å². The van der Waals surface area contributed by atoms with Crippen molar-refractivity contribution in [3.05, 3.63) is 88.6 Å². The number of nitrogens with one attached hydrogen (secondary N) is 1. The zero-order valence-corrected chi connectivity index (χ0v) is 16.5. The van der Waals surface area contributed by atoms with E-state index >= 15 is 0 Å². The van der Waals surface area contributed by atoms with Gasteiger partial charge in [0.1, 0.15) is 0 Å². The average molecular weight is 442 g/mol. The van der Waals surface area contributed by atoms with Crippen LogP contribution in [0, 0.1) is 0 Å². The van der Waals surface area contributed by atoms with Crippen molar-refractivity contribution in [3.8, 4) is 0 Å². The third kappa shape index (κ3) is 4.09. The van der Waals surface area contributed by atoms with Crippen LogP contribution in [0.25, 0.3) is 0 Å². The Hall–Kier alpha value is -3.46. The van der Waals surface area contributed by atoms with Crippen LogP contribution in [0.5, 0.6) is 0 Å². The summed E-state index contributed by atoms with van der Waals surface area (Å²) in [5.74, 6) is -1.29. The highest BCUT2D eigenvalue weighted by Gasteiger charge is 2.32. The molecule has 156 valence electrons. The lowest BCUT2D eigenvalue weighted by Gasteiger charge is -2.20. The van der Waals surface area contributed by atoms with Gasteiger partial charge in [0.2, 0.25) is 5.91 Å². The molecule has 2 aromatic carbocycles. The van der Waals surface area contributed by atoms with Crippen molar-refractivity contribution in [1.82, 2.24) is 4.98 Å². The minimum Gasteiger partial charge on any atom is -0.325 e. The van der Waals surface area contributed by atoms with Gasteiger partial charge in [-0.15, -0.1) is 0 Å². The number of nitrogens with zero attached hydrogens (tertiary/aromatic N) is 1. The lowest BCUT2D eigenvalue weighted by molar-refractivity contribution is -0.137. The second-order valence-electron chi connectivity index (χ2n) is 6.65. The van der Waals surface area contributed by atoms with Crippen molar-refractivity contribution >= 4 is 34.9 Å². The number of pyridine rings is 1. The number of thioether (sulfide) groups is 1. The van der Waals surface area contributed by atoms with Gasteiger partial charge in [-0.25, -0.2) is 4.98 Å². The van der Waals surface area contributed by atoms with Gasteiger partial charge in [-0.05, 0) is 18.2 Å². The molecule has 0 saturated heterocycles. The van der Waals surface area contributed by atoms with Gasteiger partial charge in [0.25, 0.3) is 0 Å². The summed E-state index contributed by atoms with van der Waals surface area (Å²) in [7, 11) is 0. The Balaban J connectivity index is 1.50. The second kappa shape index (κ2) is 7.99. The lowest BCUT2D eigenvalue weighted by Crippen LogP contribution is -2.24. The first-order valence-corrected chi connectivity index (χ1v) is 10.0. The number of ketones is 2. The van der Waals surface area contributed by atoms with Crippen molar-refractivity contribution in [2.45, 2.75) is 11.2 Å². The second-order valence-corrected chi connectivity index (χ2v) is 7.65. The standard InChI is InChI=1S/C22H13F3N2O3S/c23-22(24,25)12-8-9-18(26-10-12)31-11-17(28)27-16-7-3-6-15-19(16)21(30)14-5-2-1-4-13(14)20(15)29/h1-10H,11H2,(H,27,28). The Morgan fingerprint density at radius 2 is 1.58 bits per heavy atom. The van der Waals surface area contributed by atoms with E-state index in [1.807, 2.05) is 0 Å². The van der Waals surface area contributed by atoms with Crippen LogP contribution >= 0.6 is 11.8 Å². The molecule has 3 aromatic rings. The number of hydrogen-bond acceptors (Lipinski definition) is 5. The molecule has 1 amide bonds. The average Bonchev–Trinajstić information content (AvgIpc) is 2.75. The Kier molecular flexibility index (Phi) is 5.36. The van der Waals surface area contributed by atoms with Gasteiger partial charge >= 0.3 is 6.18 Å². The fourth-order valence-corrected chi connectivity index (χ4v) is 3.85. The zero-order chi connectivity index (χ0) is 22.2. The molecule has 0 unspecified atom stereocenters. The number of fused-ring (bicyclic) bond motifs is 2. The largest absolute Gasteiger partial charge is 0.417 e. The first-order chi connectivity index (χ1) is 14.8. The molecule has 1 N–H and O–H groups in total. The van der Waals surface area contributed by atoms with E-state index in [1.165, 1.54) is 18.2 Å². The summed E-state index contributed by atoms with van der Waals surface area (Å²) in [4.78, 5) is 41.8. The van der Waals surface area contributed by atoms with Gasteiger partial charge in [0.05, 0.1) is 27.6 Å². The molecule has 1 aliphatic rings. The lowest BCUT2D eigenvalue weighted by atomic mass is 9.83. The molecule has 1 aromatic heterocycles. The molecule has 5 nitrogen and oxygen atoms in total. The number of aromatic nitrogens is 1. The summed E-state index contributed by atoms with van der Waals surface area (Å²) in [5, 5.41) is 2.87. The maximum Gasteiger partial charge on any atom is 0.417 e. The number of carbonyl (C=O) groups excluding carboxylic acids is 3. The van der Waals surface area contributed by atoms with Gasteiger partial charge in [-0.3, -0.25) is 14.4 Å². The molecule has 0 saturated carbocycles. The van der Waals surface area contributed by atoms with Crippen molar-refractivity contribution in [1.29, 1.82) is 0 Å². The molecule has 0 radical (unpaired) electrons. The Labute approximate surface area is 178 Å². The highest BCUT2D eigenvalue weighted by atomic mass is 32.2. The van der Waals surface area contributed by atoms with E-state index < -0.39 is 17.6 Å². The van der Waals surface area contributed by atoms with Crippen molar-refractivity contribution in [2.24, 2.45) is 0 Å². The Morgan fingerprint density at radius 1 is 0.903 bits per heavy atom. The summed E-state index contributed by atoms with van der Waals surface area (Å²) in [6.45, 7) is 0. The molecule has 1 aliphatic carbocycles. The van der Waals surface area contributed by atoms with Gasteiger partial charge in [0.15, 0.2) is 11.6 Å². The van der Waals surface area contributed by atoms with Crippen LogP contribution in [-0.4, -0.2) is 28.2 Å². The number of halogens is 3. The fraction of sp³-hybridized carbons (Fsp3) is 0.0909. The zero-order valence-electron chi connectivity index (χ0n) is 15.7. The summed E-state index contributed by atoms with van der Waals surface area (Å²) in [6, 6.07) is 13.2. The Bertz CT molecular complexity index is 1210. The number of amides is 1. The van der Waals surface area contributed by atoms with Crippen LogP contribution < -0.4 is 5.32 Å². The van der Waals surface area contributed by atoms with Crippen LogP contribution in [0.4, 0.5) is 18.9 Å². The number of benzene rings is 2. The molecular formula is C22H13F3N2O3S. The van der Waals surface area contributed by atoms with E-state index in [0.717, 1.165) is 17.8 Å². The van der Waals surface area contributed by atoms with Crippen LogP contribution in [0.2, 0.25) is 0 Å². The molecule has 0 aliphatic heterocycles. The quantitative estimate of drug-likeness (QED) is 0.468. The maximum atomic E-state index is 12.9. The van der Waals surface area contributed by atoms with Crippen LogP contribution in [0.3, 0.4) is 0 Å². The first-order valence-electron chi connectivity index (χ1n) is 9.03. The van der Waals surface area contributed by atoms with E-state index in [4.69, 9.17) is 0 Å². The summed E-state index contributed by atoms with van der Waals surface area (Å²) >= 11 is 0.952. The molecule has 0 atom stereocenters. The third-order valence-corrected chi connectivity index (χ3v) is 5.59. The first kappa shape index (κ1) is 20.8. The number of alkyl halides is 3. The maximum absolute atomic E-state index is 12.9.